The summed E-state index contributed by atoms with van der Waals surface area (Å²) in [5, 5.41) is 23.0. The summed E-state index contributed by atoms with van der Waals surface area (Å²) in [5.74, 6) is -6.34. The minimum atomic E-state index is -2.01. The van der Waals surface area contributed by atoms with Gasteiger partial charge in [-0.15, -0.1) is 6.58 Å². The fourth-order valence-electron chi connectivity index (χ4n) is 8.28. The Morgan fingerprint density at radius 3 is 2.31 bits per heavy atom. The third-order valence-electron chi connectivity index (χ3n) is 11.6. The molecule has 2 N–H and O–H groups in total. The number of aliphatic hydroxyl groups excluding tert-OH is 1. The standard InChI is InChI=1S/C41H64FNO11/c1-13-19-43(10)30-20-24(4)51-39(35(30)49-11)54-37-26(6)34(53-32(44)21-28-17-15-16-18-29(28)42)27(7)38(47)52-31(14-2)41(9,48)36(46)25(5)33(45)23(3)22-40(37,8)50-12/h13,15-18,23-27,30-31,34-37,39,46,48H,1,14,19-22H2,2-12H3/t23-,24+,25-,26+,27-,30-,31-,34+,35+,36-,37-,39?,40-,41-/m1/s1. The molecule has 2 aliphatic rings. The first kappa shape index (κ1) is 45.6. The van der Waals surface area contributed by atoms with Crippen LogP contribution in [0, 0.1) is 29.5 Å². The van der Waals surface area contributed by atoms with E-state index >= 15 is 0 Å². The molecule has 12 nitrogen and oxygen atoms in total. The molecule has 2 aliphatic heterocycles. The van der Waals surface area contributed by atoms with Crippen LogP contribution >= 0.6 is 0 Å². The SMILES string of the molecule is C=CCN(C)[C@@H]1C[C@H](C)OC(O[C@@H]2[C@@H](C)[C@H](OC(=O)Cc3ccccc3F)[C@@H](C)C(=O)O[C@H](CC)[C@@](C)(O)[C@H](O)[C@H](C)C(=O)[C@H](C)C[C@@]2(C)OC)[C@H]1OC. The molecule has 0 aromatic heterocycles. The van der Waals surface area contributed by atoms with E-state index in [-0.39, 0.29) is 36.3 Å². The Kier molecular flexibility index (Phi) is 16.4. The molecule has 3 rings (SSSR count). The topological polar surface area (TPSA) is 150 Å². The number of nitrogens with zero attached hydrogens (tertiary/aromatic N) is 1. The van der Waals surface area contributed by atoms with Gasteiger partial charge < -0.3 is 38.6 Å². The number of carbonyl (C=O) groups is 3. The van der Waals surface area contributed by atoms with Gasteiger partial charge in [-0.3, -0.25) is 19.3 Å². The Balaban J connectivity index is 2.22. The summed E-state index contributed by atoms with van der Waals surface area (Å²) in [6, 6.07) is 5.69. The number of ketones is 1. The monoisotopic (exact) mass is 765 g/mol. The predicted octanol–water partition coefficient (Wildman–Crippen LogP) is 4.66. The van der Waals surface area contributed by atoms with E-state index in [1.807, 2.05) is 14.0 Å². The minimum Gasteiger partial charge on any atom is -0.461 e. The molecule has 1 aromatic rings. The van der Waals surface area contributed by atoms with Gasteiger partial charge in [-0.25, -0.2) is 4.39 Å². The molecule has 1 unspecified atom stereocenters. The van der Waals surface area contributed by atoms with Gasteiger partial charge in [0, 0.05) is 44.6 Å². The number of hydrogen-bond acceptors (Lipinski definition) is 12. The van der Waals surface area contributed by atoms with Crippen molar-refractivity contribution >= 4 is 17.7 Å². The first-order valence-corrected chi connectivity index (χ1v) is 19.0. The van der Waals surface area contributed by atoms with Crippen molar-refractivity contribution in [1.82, 2.24) is 4.90 Å². The number of halogens is 1. The van der Waals surface area contributed by atoms with E-state index in [4.69, 9.17) is 28.4 Å². The Morgan fingerprint density at radius 2 is 1.74 bits per heavy atom. The lowest BCUT2D eigenvalue weighted by atomic mass is 9.74. The van der Waals surface area contributed by atoms with Crippen molar-refractivity contribution < 1.29 is 57.4 Å². The fourth-order valence-corrected chi connectivity index (χ4v) is 8.28. The zero-order valence-corrected chi connectivity index (χ0v) is 34.0. The zero-order valence-electron chi connectivity index (χ0n) is 34.0. The predicted molar refractivity (Wildman–Crippen MR) is 200 cm³/mol. The molecule has 54 heavy (non-hydrogen) atoms. The third-order valence-corrected chi connectivity index (χ3v) is 11.6. The third kappa shape index (κ3) is 10.3. The first-order valence-electron chi connectivity index (χ1n) is 19.0. The van der Waals surface area contributed by atoms with Gasteiger partial charge in [0.1, 0.15) is 35.5 Å². The van der Waals surface area contributed by atoms with Crippen LogP contribution < -0.4 is 0 Å². The van der Waals surface area contributed by atoms with Crippen molar-refractivity contribution in [1.29, 1.82) is 0 Å². The number of methoxy groups -OCH3 is 2. The number of aliphatic hydroxyl groups is 2. The normalized spacial score (nSPS) is 38.7. The number of carbonyl (C=O) groups excluding carboxylic acids is 3. The summed E-state index contributed by atoms with van der Waals surface area (Å²) in [6.45, 7) is 17.7. The fraction of sp³-hybridized carbons (Fsp3) is 0.732. The average molecular weight is 766 g/mol. The Labute approximate surface area is 320 Å². The lowest BCUT2D eigenvalue weighted by molar-refractivity contribution is -0.305. The highest BCUT2D eigenvalue weighted by atomic mass is 19.1. The van der Waals surface area contributed by atoms with Crippen LogP contribution in [-0.4, -0.2) is 121 Å². The highest BCUT2D eigenvalue weighted by molar-refractivity contribution is 5.83. The van der Waals surface area contributed by atoms with Crippen molar-refractivity contribution in [2.45, 2.75) is 141 Å². The molecule has 0 bridgehead atoms. The van der Waals surface area contributed by atoms with Crippen molar-refractivity contribution in [3.05, 3.63) is 48.3 Å². The number of benzene rings is 1. The van der Waals surface area contributed by atoms with Gasteiger partial charge in [0.15, 0.2) is 6.29 Å². The van der Waals surface area contributed by atoms with Gasteiger partial charge in [0.25, 0.3) is 0 Å². The minimum absolute atomic E-state index is 0.0716. The largest absolute Gasteiger partial charge is 0.461 e. The molecule has 2 heterocycles. The molecule has 13 heteroatoms. The van der Waals surface area contributed by atoms with Gasteiger partial charge >= 0.3 is 11.9 Å². The Bertz CT molecular complexity index is 1420. The van der Waals surface area contributed by atoms with E-state index < -0.39 is 95.9 Å². The number of Topliss-reactive ketones (excluding diaryl/α,β-unsaturated/α-hetero) is 1. The number of cyclic esters (lactones) is 1. The van der Waals surface area contributed by atoms with Crippen molar-refractivity contribution in [2.24, 2.45) is 23.7 Å². The highest BCUT2D eigenvalue weighted by Gasteiger charge is 2.53. The maximum atomic E-state index is 14.7. The second-order valence-corrected chi connectivity index (χ2v) is 15.8. The van der Waals surface area contributed by atoms with Crippen LogP contribution in [-0.2, 0) is 49.2 Å². The molecule has 2 fully saturated rings. The lowest BCUT2D eigenvalue weighted by Crippen LogP contribution is -2.61. The summed E-state index contributed by atoms with van der Waals surface area (Å²) in [7, 11) is 5.01. The van der Waals surface area contributed by atoms with Crippen LogP contribution in [0.4, 0.5) is 4.39 Å². The van der Waals surface area contributed by atoms with Gasteiger partial charge in [0.2, 0.25) is 0 Å². The maximum Gasteiger partial charge on any atom is 0.312 e. The summed E-state index contributed by atoms with van der Waals surface area (Å²) < 4.78 is 52.3. The van der Waals surface area contributed by atoms with Crippen LogP contribution in [0.5, 0.6) is 0 Å². The molecule has 0 radical (unpaired) electrons. The summed E-state index contributed by atoms with van der Waals surface area (Å²) >= 11 is 0. The molecular formula is C41H64FNO11. The van der Waals surface area contributed by atoms with E-state index in [2.05, 4.69) is 11.5 Å². The molecule has 0 spiro atoms. The number of likely N-dealkylation sites (N-methyl/N-ethyl adjacent to an activating group) is 1. The maximum absolute atomic E-state index is 14.7. The smallest absolute Gasteiger partial charge is 0.312 e. The van der Waals surface area contributed by atoms with Crippen LogP contribution in [0.25, 0.3) is 0 Å². The van der Waals surface area contributed by atoms with Crippen LogP contribution in [0.15, 0.2) is 36.9 Å². The van der Waals surface area contributed by atoms with E-state index in [0.717, 1.165) is 0 Å². The quantitative estimate of drug-likeness (QED) is 0.238. The first-order chi connectivity index (χ1) is 25.3. The Hall–Kier alpha value is -2.78. The van der Waals surface area contributed by atoms with E-state index in [0.29, 0.717) is 13.0 Å². The number of hydrogen-bond donors (Lipinski definition) is 2. The van der Waals surface area contributed by atoms with Crippen LogP contribution in [0.1, 0.15) is 80.2 Å². The molecule has 0 saturated carbocycles. The van der Waals surface area contributed by atoms with Crippen molar-refractivity contribution in [2.75, 3.05) is 27.8 Å². The summed E-state index contributed by atoms with van der Waals surface area (Å²) in [5.41, 5.74) is -3.20. The zero-order chi connectivity index (χ0) is 40.7. The molecule has 0 amide bonds. The van der Waals surface area contributed by atoms with Crippen molar-refractivity contribution in [3.8, 4) is 0 Å². The van der Waals surface area contributed by atoms with Gasteiger partial charge in [-0.05, 0) is 65.6 Å². The van der Waals surface area contributed by atoms with Gasteiger partial charge in [-0.2, -0.15) is 0 Å². The summed E-state index contributed by atoms with van der Waals surface area (Å²) in [6.07, 6.45) is -4.73. The number of ether oxygens (including phenoxy) is 6. The van der Waals surface area contributed by atoms with Gasteiger partial charge in [-0.1, -0.05) is 52.0 Å². The van der Waals surface area contributed by atoms with E-state index in [1.165, 1.54) is 46.1 Å². The molecule has 1 aromatic carbocycles. The summed E-state index contributed by atoms with van der Waals surface area (Å²) in [4.78, 5) is 43.8. The van der Waals surface area contributed by atoms with E-state index in [1.54, 1.807) is 46.9 Å². The average Bonchev–Trinajstić information content (AvgIpc) is 3.13. The van der Waals surface area contributed by atoms with Crippen LogP contribution in [0.3, 0.4) is 0 Å². The van der Waals surface area contributed by atoms with Crippen molar-refractivity contribution in [3.63, 3.8) is 0 Å². The molecule has 0 aliphatic carbocycles. The van der Waals surface area contributed by atoms with Crippen LogP contribution in [0.2, 0.25) is 0 Å². The highest BCUT2D eigenvalue weighted by Crippen LogP contribution is 2.40. The molecule has 2 saturated heterocycles. The second kappa shape index (κ2) is 19.4. The number of rotatable bonds is 11. The molecule has 14 atom stereocenters. The van der Waals surface area contributed by atoms with Gasteiger partial charge in [0.05, 0.1) is 36.3 Å². The Morgan fingerprint density at radius 1 is 1.09 bits per heavy atom. The second-order valence-electron chi connectivity index (χ2n) is 15.8. The lowest BCUT2D eigenvalue weighted by Gasteiger charge is -2.49. The van der Waals surface area contributed by atoms with E-state index in [9.17, 15) is 29.0 Å². The number of esters is 2. The molecular weight excluding hydrogens is 701 g/mol. The molecule has 306 valence electrons.